The molecule has 0 saturated carbocycles. The Morgan fingerprint density at radius 3 is 2.33 bits per heavy atom. The fourth-order valence-electron chi connectivity index (χ4n) is 2.84. The average Bonchev–Trinajstić information content (AvgIpc) is 2.72. The molecule has 27 heavy (non-hydrogen) atoms. The molecule has 138 valence electrons. The summed E-state index contributed by atoms with van der Waals surface area (Å²) in [6.07, 6.45) is 1.69. The highest BCUT2D eigenvalue weighted by Crippen LogP contribution is 2.13. The van der Waals surface area contributed by atoms with E-state index in [1.54, 1.807) is 12.1 Å². The lowest BCUT2D eigenvalue weighted by Crippen LogP contribution is -2.29. The van der Waals surface area contributed by atoms with Crippen molar-refractivity contribution < 1.29 is 13.9 Å². The number of benzene rings is 3. The number of halogens is 1. The number of ether oxygens (including phenoxy) is 1. The van der Waals surface area contributed by atoms with Crippen LogP contribution in [-0.2, 0) is 12.8 Å². The van der Waals surface area contributed by atoms with Crippen LogP contribution in [0.2, 0.25) is 0 Å². The molecule has 0 heterocycles. The van der Waals surface area contributed by atoms with Crippen molar-refractivity contribution in [3.05, 3.63) is 101 Å². The number of hydrogen-bond donors (Lipinski definition) is 1. The molecule has 1 amide bonds. The molecule has 3 aromatic rings. The standard InChI is InChI=1S/C23H22FNO2/c24-20-12-14-21(15-13-20)27-17-16-25-23(26)22-9-5-4-8-19(22)11-10-18-6-2-1-3-7-18/h1-9,12-15H,10-11,16-17H2,(H,25,26). The summed E-state index contributed by atoms with van der Waals surface area (Å²) in [6, 6.07) is 23.7. The van der Waals surface area contributed by atoms with Gasteiger partial charge in [-0.15, -0.1) is 0 Å². The highest BCUT2D eigenvalue weighted by atomic mass is 19.1. The molecule has 3 rings (SSSR count). The summed E-state index contributed by atoms with van der Waals surface area (Å²) in [5.41, 5.74) is 2.97. The van der Waals surface area contributed by atoms with E-state index in [0.29, 0.717) is 24.5 Å². The Hall–Kier alpha value is -3.14. The van der Waals surface area contributed by atoms with Gasteiger partial charge in [0.05, 0.1) is 6.54 Å². The normalized spacial score (nSPS) is 10.4. The topological polar surface area (TPSA) is 38.3 Å². The summed E-state index contributed by atoms with van der Waals surface area (Å²) in [4.78, 5) is 12.5. The first-order valence-electron chi connectivity index (χ1n) is 9.01. The smallest absolute Gasteiger partial charge is 0.251 e. The van der Waals surface area contributed by atoms with Gasteiger partial charge in [-0.1, -0.05) is 48.5 Å². The molecule has 0 unspecified atom stereocenters. The molecule has 0 bridgehead atoms. The molecule has 1 N–H and O–H groups in total. The molecule has 0 radical (unpaired) electrons. The molecule has 0 spiro atoms. The van der Waals surface area contributed by atoms with Crippen molar-refractivity contribution in [3.63, 3.8) is 0 Å². The van der Waals surface area contributed by atoms with Crippen molar-refractivity contribution in [2.75, 3.05) is 13.2 Å². The van der Waals surface area contributed by atoms with Crippen LogP contribution in [0, 0.1) is 5.82 Å². The monoisotopic (exact) mass is 363 g/mol. The Kier molecular flexibility index (Phi) is 6.58. The summed E-state index contributed by atoms with van der Waals surface area (Å²) < 4.78 is 18.4. The second kappa shape index (κ2) is 9.53. The van der Waals surface area contributed by atoms with E-state index >= 15 is 0 Å². The van der Waals surface area contributed by atoms with Crippen LogP contribution in [0.1, 0.15) is 21.5 Å². The maximum Gasteiger partial charge on any atom is 0.251 e. The van der Waals surface area contributed by atoms with Crippen LogP contribution in [0.3, 0.4) is 0 Å². The summed E-state index contributed by atoms with van der Waals surface area (Å²) in [5, 5.41) is 2.88. The Morgan fingerprint density at radius 2 is 1.56 bits per heavy atom. The quantitative estimate of drug-likeness (QED) is 0.602. The molecular formula is C23H22FNO2. The molecule has 4 heteroatoms. The van der Waals surface area contributed by atoms with Crippen LogP contribution in [-0.4, -0.2) is 19.1 Å². The summed E-state index contributed by atoms with van der Waals surface area (Å²) in [7, 11) is 0. The molecule has 3 nitrogen and oxygen atoms in total. The van der Waals surface area contributed by atoms with Crippen LogP contribution < -0.4 is 10.1 Å². The lowest BCUT2D eigenvalue weighted by atomic mass is 9.99. The Balaban J connectivity index is 1.51. The predicted octanol–water partition coefficient (Wildman–Crippen LogP) is 4.42. The third kappa shape index (κ3) is 5.68. The SMILES string of the molecule is O=C(NCCOc1ccc(F)cc1)c1ccccc1CCc1ccccc1. The second-order valence-corrected chi connectivity index (χ2v) is 6.20. The van der Waals surface area contributed by atoms with Gasteiger partial charge in [0.25, 0.3) is 5.91 Å². The lowest BCUT2D eigenvalue weighted by Gasteiger charge is -2.11. The highest BCUT2D eigenvalue weighted by Gasteiger charge is 2.10. The summed E-state index contributed by atoms with van der Waals surface area (Å²) in [5.74, 6) is 0.165. The van der Waals surface area contributed by atoms with E-state index in [1.165, 1.54) is 17.7 Å². The van der Waals surface area contributed by atoms with Crippen molar-refractivity contribution in [1.82, 2.24) is 5.32 Å². The van der Waals surface area contributed by atoms with Crippen molar-refractivity contribution in [2.45, 2.75) is 12.8 Å². The van der Waals surface area contributed by atoms with E-state index in [-0.39, 0.29) is 11.7 Å². The largest absolute Gasteiger partial charge is 0.492 e. The number of nitrogens with one attached hydrogen (secondary N) is 1. The molecule has 0 aliphatic carbocycles. The van der Waals surface area contributed by atoms with Gasteiger partial charge in [-0.05, 0) is 54.3 Å². The van der Waals surface area contributed by atoms with Crippen LogP contribution in [0.25, 0.3) is 0 Å². The third-order valence-electron chi connectivity index (χ3n) is 4.26. The molecule has 0 aliphatic rings. The maximum absolute atomic E-state index is 12.9. The summed E-state index contributed by atoms with van der Waals surface area (Å²) in [6.45, 7) is 0.701. The van der Waals surface area contributed by atoms with Crippen LogP contribution in [0.15, 0.2) is 78.9 Å². The molecule has 0 saturated heterocycles. The van der Waals surface area contributed by atoms with Gasteiger partial charge < -0.3 is 10.1 Å². The van der Waals surface area contributed by atoms with Crippen molar-refractivity contribution >= 4 is 5.91 Å². The molecular weight excluding hydrogens is 341 g/mol. The van der Waals surface area contributed by atoms with Crippen molar-refractivity contribution in [3.8, 4) is 5.75 Å². The number of rotatable bonds is 8. The molecule has 0 aliphatic heterocycles. The van der Waals surface area contributed by atoms with Crippen LogP contribution >= 0.6 is 0 Å². The zero-order valence-electron chi connectivity index (χ0n) is 15.0. The zero-order valence-corrected chi connectivity index (χ0v) is 15.0. The molecule has 3 aromatic carbocycles. The molecule has 0 fully saturated rings. The Labute approximate surface area is 158 Å². The third-order valence-corrected chi connectivity index (χ3v) is 4.26. The lowest BCUT2D eigenvalue weighted by molar-refractivity contribution is 0.0946. The van der Waals surface area contributed by atoms with E-state index < -0.39 is 0 Å². The van der Waals surface area contributed by atoms with E-state index in [0.717, 1.165) is 18.4 Å². The van der Waals surface area contributed by atoms with Gasteiger partial charge in [0, 0.05) is 5.56 Å². The minimum atomic E-state index is -0.303. The Morgan fingerprint density at radius 1 is 0.852 bits per heavy atom. The molecule has 0 aromatic heterocycles. The molecule has 0 atom stereocenters. The fourth-order valence-corrected chi connectivity index (χ4v) is 2.84. The Bertz CT molecular complexity index is 863. The number of amides is 1. The van der Waals surface area contributed by atoms with E-state index in [9.17, 15) is 9.18 Å². The second-order valence-electron chi connectivity index (χ2n) is 6.20. The zero-order chi connectivity index (χ0) is 18.9. The number of aryl methyl sites for hydroxylation is 2. The van der Waals surface area contributed by atoms with E-state index in [2.05, 4.69) is 17.4 Å². The predicted molar refractivity (Wildman–Crippen MR) is 105 cm³/mol. The van der Waals surface area contributed by atoms with Gasteiger partial charge >= 0.3 is 0 Å². The van der Waals surface area contributed by atoms with E-state index in [4.69, 9.17) is 4.74 Å². The van der Waals surface area contributed by atoms with Gasteiger partial charge in [0.1, 0.15) is 18.2 Å². The highest BCUT2D eigenvalue weighted by molar-refractivity contribution is 5.95. The van der Waals surface area contributed by atoms with Crippen LogP contribution in [0.5, 0.6) is 5.75 Å². The first-order chi connectivity index (χ1) is 13.2. The first-order valence-corrected chi connectivity index (χ1v) is 9.01. The average molecular weight is 363 g/mol. The van der Waals surface area contributed by atoms with Gasteiger partial charge in [0.2, 0.25) is 0 Å². The van der Waals surface area contributed by atoms with Crippen molar-refractivity contribution in [2.24, 2.45) is 0 Å². The minimum absolute atomic E-state index is 0.110. The van der Waals surface area contributed by atoms with Gasteiger partial charge in [0.15, 0.2) is 0 Å². The van der Waals surface area contributed by atoms with Gasteiger partial charge in [-0.3, -0.25) is 4.79 Å². The van der Waals surface area contributed by atoms with Crippen molar-refractivity contribution in [1.29, 1.82) is 0 Å². The first kappa shape index (κ1) is 18.6. The van der Waals surface area contributed by atoms with E-state index in [1.807, 2.05) is 42.5 Å². The number of carbonyl (C=O) groups is 1. The van der Waals surface area contributed by atoms with Gasteiger partial charge in [-0.25, -0.2) is 4.39 Å². The minimum Gasteiger partial charge on any atom is -0.492 e. The number of carbonyl (C=O) groups excluding carboxylic acids is 1. The number of hydrogen-bond acceptors (Lipinski definition) is 2. The maximum atomic E-state index is 12.9. The van der Waals surface area contributed by atoms with Crippen LogP contribution in [0.4, 0.5) is 4.39 Å². The van der Waals surface area contributed by atoms with Gasteiger partial charge in [-0.2, -0.15) is 0 Å². The summed E-state index contributed by atoms with van der Waals surface area (Å²) >= 11 is 0. The fraction of sp³-hybridized carbons (Fsp3) is 0.174.